The fraction of sp³-hybridized carbons (Fsp3) is 0.200. The number of nitrogens with zero attached hydrogens (tertiary/aromatic N) is 2. The predicted octanol–water partition coefficient (Wildman–Crippen LogP) is 1.58. The van der Waals surface area contributed by atoms with Gasteiger partial charge < -0.3 is 5.73 Å². The average Bonchev–Trinajstić information content (AvgIpc) is 2.95. The molecule has 0 aliphatic carbocycles. The van der Waals surface area contributed by atoms with Crippen molar-refractivity contribution in [2.45, 2.75) is 25.4 Å². The molecule has 0 spiro atoms. The van der Waals surface area contributed by atoms with Gasteiger partial charge in [0.05, 0.1) is 17.4 Å². The lowest BCUT2D eigenvalue weighted by molar-refractivity contribution is -0.136. The molecule has 0 saturated carbocycles. The van der Waals surface area contributed by atoms with E-state index in [0.29, 0.717) is 15.9 Å². The Morgan fingerprint density at radius 1 is 1.14 bits per heavy atom. The SMILES string of the molecule is NC(=O)c1ccc2c(=O)n(C3CCC(=O)NC3=O)n(Cc3ccc(Cl)cc3)c2c1. The van der Waals surface area contributed by atoms with Gasteiger partial charge in [0.1, 0.15) is 6.04 Å². The molecule has 29 heavy (non-hydrogen) atoms. The van der Waals surface area contributed by atoms with E-state index >= 15 is 0 Å². The Balaban J connectivity index is 1.92. The van der Waals surface area contributed by atoms with Gasteiger partial charge in [-0.25, -0.2) is 4.68 Å². The highest BCUT2D eigenvalue weighted by Gasteiger charge is 2.32. The Hall–Kier alpha value is -3.39. The first-order valence-electron chi connectivity index (χ1n) is 8.98. The number of aromatic nitrogens is 2. The second kappa shape index (κ2) is 7.21. The molecule has 1 atom stereocenters. The molecule has 148 valence electrons. The van der Waals surface area contributed by atoms with Crippen LogP contribution in [0.1, 0.15) is 34.8 Å². The fourth-order valence-corrected chi connectivity index (χ4v) is 3.70. The number of piperidine rings is 1. The van der Waals surface area contributed by atoms with Gasteiger partial charge in [-0.15, -0.1) is 0 Å². The zero-order valence-corrected chi connectivity index (χ0v) is 16.0. The largest absolute Gasteiger partial charge is 0.366 e. The van der Waals surface area contributed by atoms with E-state index in [1.165, 1.54) is 22.9 Å². The summed E-state index contributed by atoms with van der Waals surface area (Å²) in [6.45, 7) is 0.260. The molecule has 9 heteroatoms. The van der Waals surface area contributed by atoms with Gasteiger partial charge in [-0.2, -0.15) is 0 Å². The first-order valence-corrected chi connectivity index (χ1v) is 9.36. The third kappa shape index (κ3) is 3.42. The van der Waals surface area contributed by atoms with Crippen LogP contribution in [0.25, 0.3) is 10.9 Å². The first-order chi connectivity index (χ1) is 13.8. The summed E-state index contributed by atoms with van der Waals surface area (Å²) < 4.78 is 3.00. The van der Waals surface area contributed by atoms with E-state index in [-0.39, 0.29) is 36.4 Å². The fourth-order valence-electron chi connectivity index (χ4n) is 3.58. The Bertz CT molecular complexity index is 1210. The van der Waals surface area contributed by atoms with Gasteiger partial charge in [-0.3, -0.25) is 29.2 Å². The smallest absolute Gasteiger partial charge is 0.275 e. The molecule has 4 rings (SSSR count). The molecule has 2 heterocycles. The van der Waals surface area contributed by atoms with Crippen molar-refractivity contribution < 1.29 is 14.4 Å². The minimum absolute atomic E-state index is 0.137. The van der Waals surface area contributed by atoms with E-state index in [2.05, 4.69) is 5.32 Å². The molecule has 3 N–H and O–H groups in total. The molecular formula is C20H17ClN4O4. The number of primary amides is 1. The number of benzene rings is 2. The maximum Gasteiger partial charge on any atom is 0.275 e. The summed E-state index contributed by atoms with van der Waals surface area (Å²) >= 11 is 5.96. The van der Waals surface area contributed by atoms with Crippen molar-refractivity contribution in [1.82, 2.24) is 14.7 Å². The number of hydrogen-bond donors (Lipinski definition) is 2. The molecule has 0 radical (unpaired) electrons. The van der Waals surface area contributed by atoms with E-state index in [4.69, 9.17) is 17.3 Å². The number of rotatable bonds is 4. The molecule has 0 bridgehead atoms. The van der Waals surface area contributed by atoms with E-state index in [9.17, 15) is 19.2 Å². The summed E-state index contributed by atoms with van der Waals surface area (Å²) in [7, 11) is 0. The molecule has 3 aromatic rings. The van der Waals surface area contributed by atoms with Crippen LogP contribution in [-0.2, 0) is 16.1 Å². The molecule has 8 nitrogen and oxygen atoms in total. The lowest BCUT2D eigenvalue weighted by Crippen LogP contribution is -2.45. The Labute approximate surface area is 169 Å². The van der Waals surface area contributed by atoms with Crippen LogP contribution in [0.15, 0.2) is 47.3 Å². The molecule has 1 saturated heterocycles. The molecular weight excluding hydrogens is 396 g/mol. The number of nitrogens with one attached hydrogen (secondary N) is 1. The number of amides is 3. The van der Waals surface area contributed by atoms with Crippen molar-refractivity contribution in [2.24, 2.45) is 5.73 Å². The van der Waals surface area contributed by atoms with Crippen LogP contribution < -0.4 is 16.6 Å². The van der Waals surface area contributed by atoms with Crippen molar-refractivity contribution in [1.29, 1.82) is 0 Å². The maximum absolute atomic E-state index is 13.1. The van der Waals surface area contributed by atoms with Crippen LogP contribution in [-0.4, -0.2) is 27.1 Å². The second-order valence-corrected chi connectivity index (χ2v) is 7.33. The van der Waals surface area contributed by atoms with Gasteiger partial charge >= 0.3 is 0 Å². The minimum Gasteiger partial charge on any atom is -0.366 e. The van der Waals surface area contributed by atoms with Gasteiger partial charge in [0.25, 0.3) is 11.5 Å². The number of nitrogens with two attached hydrogens (primary N) is 1. The number of hydrogen-bond acceptors (Lipinski definition) is 4. The summed E-state index contributed by atoms with van der Waals surface area (Å²) in [4.78, 5) is 48.8. The van der Waals surface area contributed by atoms with Crippen LogP contribution in [0.5, 0.6) is 0 Å². The average molecular weight is 413 g/mol. The van der Waals surface area contributed by atoms with E-state index in [0.717, 1.165) is 5.56 Å². The van der Waals surface area contributed by atoms with Gasteiger partial charge in [-0.05, 0) is 42.3 Å². The monoisotopic (exact) mass is 412 g/mol. The van der Waals surface area contributed by atoms with E-state index in [1.807, 2.05) is 12.1 Å². The maximum atomic E-state index is 13.1. The standard InChI is InChI=1S/C20H17ClN4O4/c21-13-4-1-11(2-5-13)10-24-16-9-12(18(22)27)3-6-14(16)20(29)25(24)15-7-8-17(26)23-19(15)28/h1-6,9,15H,7-8,10H2,(H2,22,27)(H,23,26,28). The zero-order chi connectivity index (χ0) is 20.7. The number of fused-ring (bicyclic) bond motifs is 1. The summed E-state index contributed by atoms with van der Waals surface area (Å²) in [6, 6.07) is 10.8. The third-order valence-electron chi connectivity index (χ3n) is 5.01. The Morgan fingerprint density at radius 2 is 1.86 bits per heavy atom. The Kier molecular flexibility index (Phi) is 4.71. The van der Waals surface area contributed by atoms with Crippen LogP contribution in [0.3, 0.4) is 0 Å². The lowest BCUT2D eigenvalue weighted by Gasteiger charge is -2.24. The number of imide groups is 1. The van der Waals surface area contributed by atoms with Crippen LogP contribution >= 0.6 is 11.6 Å². The molecule has 1 unspecified atom stereocenters. The highest BCUT2D eigenvalue weighted by atomic mass is 35.5. The lowest BCUT2D eigenvalue weighted by atomic mass is 10.1. The van der Waals surface area contributed by atoms with Crippen molar-refractivity contribution in [3.05, 3.63) is 69.0 Å². The van der Waals surface area contributed by atoms with Crippen molar-refractivity contribution in [2.75, 3.05) is 0 Å². The van der Waals surface area contributed by atoms with Gasteiger partial charge in [0.2, 0.25) is 11.8 Å². The number of carbonyl (C=O) groups excluding carboxylic acids is 3. The van der Waals surface area contributed by atoms with Crippen LogP contribution in [0, 0.1) is 0 Å². The quantitative estimate of drug-likeness (QED) is 0.633. The summed E-state index contributed by atoms with van der Waals surface area (Å²) in [5.74, 6) is -1.51. The number of carbonyl (C=O) groups is 3. The minimum atomic E-state index is -0.836. The van der Waals surface area contributed by atoms with E-state index < -0.39 is 17.9 Å². The van der Waals surface area contributed by atoms with Gasteiger partial charge in [0.15, 0.2) is 0 Å². The molecule has 1 aliphatic heterocycles. The predicted molar refractivity (Wildman–Crippen MR) is 107 cm³/mol. The summed E-state index contributed by atoms with van der Waals surface area (Å²) in [5, 5.41) is 3.21. The second-order valence-electron chi connectivity index (χ2n) is 6.90. The molecule has 1 fully saturated rings. The highest BCUT2D eigenvalue weighted by Crippen LogP contribution is 2.23. The zero-order valence-electron chi connectivity index (χ0n) is 15.2. The first kappa shape index (κ1) is 18.9. The van der Waals surface area contributed by atoms with Crippen LogP contribution in [0.4, 0.5) is 0 Å². The Morgan fingerprint density at radius 3 is 2.52 bits per heavy atom. The summed E-state index contributed by atoms with van der Waals surface area (Å²) in [5.41, 5.74) is 6.60. The topological polar surface area (TPSA) is 116 Å². The molecule has 3 amide bonds. The molecule has 1 aliphatic rings. The normalized spacial score (nSPS) is 16.8. The summed E-state index contributed by atoms with van der Waals surface area (Å²) in [6.07, 6.45) is 0.349. The van der Waals surface area contributed by atoms with Crippen LogP contribution in [0.2, 0.25) is 5.02 Å². The highest BCUT2D eigenvalue weighted by molar-refractivity contribution is 6.30. The third-order valence-corrected chi connectivity index (χ3v) is 5.26. The van der Waals surface area contributed by atoms with Crippen molar-refractivity contribution >= 4 is 40.2 Å². The number of halogens is 1. The van der Waals surface area contributed by atoms with E-state index in [1.54, 1.807) is 16.8 Å². The van der Waals surface area contributed by atoms with Gasteiger partial charge in [0, 0.05) is 17.0 Å². The van der Waals surface area contributed by atoms with Crippen molar-refractivity contribution in [3.63, 3.8) is 0 Å². The van der Waals surface area contributed by atoms with Crippen molar-refractivity contribution in [3.8, 4) is 0 Å². The molecule has 1 aromatic heterocycles. The van der Waals surface area contributed by atoms with Gasteiger partial charge in [-0.1, -0.05) is 23.7 Å². The molecule has 2 aromatic carbocycles.